The topological polar surface area (TPSA) is 48.9 Å². The van der Waals surface area contributed by atoms with Crippen molar-refractivity contribution in [2.45, 2.75) is 13.1 Å². The first-order valence-electron chi connectivity index (χ1n) is 8.06. The zero-order valence-corrected chi connectivity index (χ0v) is 17.9. The Morgan fingerprint density at radius 2 is 1.73 bits per heavy atom. The van der Waals surface area contributed by atoms with Crippen molar-refractivity contribution in [2.75, 3.05) is 33.2 Å². The molecular weight excluding hydrogens is 446 g/mol. The van der Waals surface area contributed by atoms with E-state index in [-0.39, 0.29) is 29.8 Å². The summed E-state index contributed by atoms with van der Waals surface area (Å²) < 4.78 is 19.2. The highest BCUT2D eigenvalue weighted by Gasteiger charge is 2.06. The van der Waals surface area contributed by atoms with Crippen LogP contribution in [-0.2, 0) is 13.1 Å². The molecule has 2 aromatic carbocycles. The number of anilines is 1. The molecule has 2 rings (SSSR count). The van der Waals surface area contributed by atoms with Crippen LogP contribution < -0.4 is 20.3 Å². The fourth-order valence-electron chi connectivity index (χ4n) is 2.40. The maximum absolute atomic E-state index is 14.0. The molecule has 7 heteroatoms. The molecule has 0 radical (unpaired) electrons. The predicted molar refractivity (Wildman–Crippen MR) is 116 cm³/mol. The minimum Gasteiger partial charge on any atom is -0.497 e. The first kappa shape index (κ1) is 22.0. The SMILES string of the molecule is CN=C(NCc1cccc(OC)c1)NCc1ccc(N(C)C)c(F)c1.I. The fraction of sp³-hybridized carbons (Fsp3) is 0.316. The fourth-order valence-corrected chi connectivity index (χ4v) is 2.40. The molecule has 0 saturated heterocycles. The molecule has 0 atom stereocenters. The van der Waals surface area contributed by atoms with Gasteiger partial charge in [0.1, 0.15) is 11.6 Å². The summed E-state index contributed by atoms with van der Waals surface area (Å²) in [5.41, 5.74) is 2.51. The largest absolute Gasteiger partial charge is 0.497 e. The Balaban J connectivity index is 0.00000338. The minimum absolute atomic E-state index is 0. The highest BCUT2D eigenvalue weighted by molar-refractivity contribution is 14.0. The van der Waals surface area contributed by atoms with Crippen molar-refractivity contribution >= 4 is 35.6 Å². The van der Waals surface area contributed by atoms with Crippen molar-refractivity contribution in [3.05, 3.63) is 59.4 Å². The van der Waals surface area contributed by atoms with E-state index in [4.69, 9.17) is 4.74 Å². The maximum Gasteiger partial charge on any atom is 0.191 e. The Bertz CT molecular complexity index is 737. The van der Waals surface area contributed by atoms with Crippen molar-refractivity contribution in [1.82, 2.24) is 10.6 Å². The normalized spacial score (nSPS) is 10.7. The van der Waals surface area contributed by atoms with E-state index in [9.17, 15) is 4.39 Å². The third-order valence-corrected chi connectivity index (χ3v) is 3.77. The van der Waals surface area contributed by atoms with Crippen molar-refractivity contribution in [3.8, 4) is 5.75 Å². The van der Waals surface area contributed by atoms with E-state index < -0.39 is 0 Å². The van der Waals surface area contributed by atoms with Gasteiger partial charge in [-0.2, -0.15) is 0 Å². The number of hydrogen-bond donors (Lipinski definition) is 2. The molecule has 0 spiro atoms. The number of benzene rings is 2. The number of methoxy groups -OCH3 is 1. The lowest BCUT2D eigenvalue weighted by Gasteiger charge is -2.15. The van der Waals surface area contributed by atoms with Gasteiger partial charge < -0.3 is 20.3 Å². The predicted octanol–water partition coefficient (Wildman–Crippen LogP) is 3.38. The molecular formula is C19H26FIN4O. The summed E-state index contributed by atoms with van der Waals surface area (Å²) in [5.74, 6) is 1.24. The van der Waals surface area contributed by atoms with Crippen molar-refractivity contribution in [2.24, 2.45) is 4.99 Å². The van der Waals surface area contributed by atoms with Crippen LogP contribution in [0, 0.1) is 5.82 Å². The van der Waals surface area contributed by atoms with Gasteiger partial charge in [-0.25, -0.2) is 4.39 Å². The second-order valence-corrected chi connectivity index (χ2v) is 5.81. The Labute approximate surface area is 171 Å². The van der Waals surface area contributed by atoms with Crippen molar-refractivity contribution in [3.63, 3.8) is 0 Å². The monoisotopic (exact) mass is 472 g/mol. The lowest BCUT2D eigenvalue weighted by atomic mass is 10.2. The lowest BCUT2D eigenvalue weighted by Crippen LogP contribution is -2.36. The average molecular weight is 472 g/mol. The van der Waals surface area contributed by atoms with Gasteiger partial charge in [0.15, 0.2) is 5.96 Å². The smallest absolute Gasteiger partial charge is 0.191 e. The van der Waals surface area contributed by atoms with Crippen molar-refractivity contribution in [1.29, 1.82) is 0 Å². The number of nitrogens with zero attached hydrogens (tertiary/aromatic N) is 2. The minimum atomic E-state index is -0.233. The van der Waals surface area contributed by atoms with Gasteiger partial charge in [-0.3, -0.25) is 4.99 Å². The Morgan fingerprint density at radius 3 is 2.27 bits per heavy atom. The van der Waals surface area contributed by atoms with Gasteiger partial charge in [0.2, 0.25) is 0 Å². The highest BCUT2D eigenvalue weighted by atomic mass is 127. The summed E-state index contributed by atoms with van der Waals surface area (Å²) in [6.45, 7) is 1.10. The van der Waals surface area contributed by atoms with Gasteiger partial charge in [-0.15, -0.1) is 24.0 Å². The molecule has 2 N–H and O–H groups in total. The molecule has 0 aliphatic rings. The van der Waals surface area contributed by atoms with Gasteiger partial charge in [0, 0.05) is 34.2 Å². The van der Waals surface area contributed by atoms with Crippen LogP contribution in [0.1, 0.15) is 11.1 Å². The number of halogens is 2. The average Bonchev–Trinajstić information content (AvgIpc) is 2.61. The third-order valence-electron chi connectivity index (χ3n) is 3.77. The molecule has 0 aliphatic heterocycles. The molecule has 0 aliphatic carbocycles. The van der Waals surface area contributed by atoms with E-state index in [1.54, 1.807) is 25.1 Å². The summed E-state index contributed by atoms with van der Waals surface area (Å²) in [5, 5.41) is 6.42. The standard InChI is InChI=1S/C19H25FN4O.HI/c1-21-19(22-12-14-6-5-7-16(10-14)25-4)23-13-15-8-9-18(24(2)3)17(20)11-15;/h5-11H,12-13H2,1-4H3,(H2,21,22,23);1H. The van der Waals surface area contributed by atoms with E-state index in [0.29, 0.717) is 24.7 Å². The summed E-state index contributed by atoms with van der Waals surface area (Å²) in [6.07, 6.45) is 0. The summed E-state index contributed by atoms with van der Waals surface area (Å²) >= 11 is 0. The van der Waals surface area contributed by atoms with E-state index in [2.05, 4.69) is 15.6 Å². The highest BCUT2D eigenvalue weighted by Crippen LogP contribution is 2.18. The van der Waals surface area contributed by atoms with E-state index in [1.165, 1.54) is 6.07 Å². The summed E-state index contributed by atoms with van der Waals surface area (Å²) in [7, 11) is 6.99. The third kappa shape index (κ3) is 6.36. The van der Waals surface area contributed by atoms with Gasteiger partial charge >= 0.3 is 0 Å². The van der Waals surface area contributed by atoms with Gasteiger partial charge in [0.25, 0.3) is 0 Å². The molecule has 0 unspecified atom stereocenters. The second kappa shape index (κ2) is 10.8. The summed E-state index contributed by atoms with van der Waals surface area (Å²) in [6, 6.07) is 13.1. The van der Waals surface area contributed by atoms with E-state index in [0.717, 1.165) is 16.9 Å². The summed E-state index contributed by atoms with van der Waals surface area (Å²) in [4.78, 5) is 5.94. The number of nitrogens with one attached hydrogen (secondary N) is 2. The van der Waals surface area contributed by atoms with Crippen LogP contribution in [0.4, 0.5) is 10.1 Å². The van der Waals surface area contributed by atoms with E-state index >= 15 is 0 Å². The lowest BCUT2D eigenvalue weighted by molar-refractivity contribution is 0.414. The zero-order valence-electron chi connectivity index (χ0n) is 15.5. The molecule has 26 heavy (non-hydrogen) atoms. The van der Waals surface area contributed by atoms with Crippen molar-refractivity contribution < 1.29 is 9.13 Å². The van der Waals surface area contributed by atoms with Crippen LogP contribution in [0.15, 0.2) is 47.5 Å². The van der Waals surface area contributed by atoms with Crippen LogP contribution in [0.3, 0.4) is 0 Å². The molecule has 142 valence electrons. The van der Waals surface area contributed by atoms with Crippen LogP contribution in [0.5, 0.6) is 5.75 Å². The second-order valence-electron chi connectivity index (χ2n) is 5.81. The number of guanidine groups is 1. The van der Waals surface area contributed by atoms with Gasteiger partial charge in [-0.1, -0.05) is 18.2 Å². The Kier molecular flexibility index (Phi) is 9.18. The molecule has 5 nitrogen and oxygen atoms in total. The van der Waals surface area contributed by atoms with Gasteiger partial charge in [-0.05, 0) is 35.4 Å². The van der Waals surface area contributed by atoms with Crippen LogP contribution in [-0.4, -0.2) is 34.2 Å². The first-order chi connectivity index (χ1) is 12.0. The first-order valence-corrected chi connectivity index (χ1v) is 8.06. The number of ether oxygens (including phenoxy) is 1. The quantitative estimate of drug-likeness (QED) is 0.385. The zero-order chi connectivity index (χ0) is 18.2. The number of aliphatic imine (C=N–C) groups is 1. The molecule has 0 bridgehead atoms. The number of rotatable bonds is 6. The number of hydrogen-bond acceptors (Lipinski definition) is 3. The molecule has 0 amide bonds. The molecule has 0 saturated carbocycles. The molecule has 2 aromatic rings. The van der Waals surface area contributed by atoms with Crippen LogP contribution >= 0.6 is 24.0 Å². The molecule has 0 heterocycles. The Hall–Kier alpha value is -2.03. The Morgan fingerprint density at radius 1 is 1.08 bits per heavy atom. The van der Waals surface area contributed by atoms with Crippen LogP contribution in [0.25, 0.3) is 0 Å². The van der Waals surface area contributed by atoms with Gasteiger partial charge in [0.05, 0.1) is 12.8 Å². The maximum atomic E-state index is 14.0. The molecule has 0 fully saturated rings. The van der Waals surface area contributed by atoms with E-state index in [1.807, 2.05) is 44.4 Å². The van der Waals surface area contributed by atoms with Crippen LogP contribution in [0.2, 0.25) is 0 Å². The molecule has 0 aromatic heterocycles.